The summed E-state index contributed by atoms with van der Waals surface area (Å²) in [6.07, 6.45) is 1.19. The summed E-state index contributed by atoms with van der Waals surface area (Å²) < 4.78 is 124. The molecule has 8 N–H and O–H groups in total. The van der Waals surface area contributed by atoms with Crippen LogP contribution < -0.4 is 56.7 Å². The molecule has 12 rings (SSSR count). The smallest absolute Gasteiger partial charge is 0.422 e. The number of amides is 4. The minimum Gasteiger partial charge on any atom is -0.466 e. The van der Waals surface area contributed by atoms with Crippen LogP contribution in [0.5, 0.6) is 17.6 Å². The highest BCUT2D eigenvalue weighted by molar-refractivity contribution is 6.28. The van der Waals surface area contributed by atoms with E-state index in [9.17, 15) is 58.7 Å². The number of hydrogen-bond donors (Lipinski definition) is 8. The van der Waals surface area contributed by atoms with Crippen molar-refractivity contribution in [3.05, 3.63) is 249 Å². The van der Waals surface area contributed by atoms with Gasteiger partial charge in [0.15, 0.2) is 25.6 Å². The van der Waals surface area contributed by atoms with E-state index in [2.05, 4.69) is 136 Å². The predicted octanol–water partition coefficient (Wildman–Crippen LogP) is 13.8. The summed E-state index contributed by atoms with van der Waals surface area (Å²) >= 11 is 5.55. The fourth-order valence-electron chi connectivity index (χ4n) is 7.98. The lowest BCUT2D eigenvalue weighted by Gasteiger charge is -2.12. The summed E-state index contributed by atoms with van der Waals surface area (Å²) in [6.45, 7) is -4.65. The Balaban J connectivity index is 0.000000202. The van der Waals surface area contributed by atoms with Gasteiger partial charge >= 0.3 is 18.5 Å². The van der Waals surface area contributed by atoms with E-state index in [0.29, 0.717) is 17.5 Å². The first-order chi connectivity index (χ1) is 51.4. The Bertz CT molecular complexity index is 4760. The molecule has 109 heavy (non-hydrogen) atoms. The second-order valence-corrected chi connectivity index (χ2v) is 20.8. The van der Waals surface area contributed by atoms with Gasteiger partial charge in [-0.3, -0.25) is 19.2 Å². The predicted molar refractivity (Wildman–Crippen MR) is 380 cm³/mol. The quantitative estimate of drug-likeness (QED) is 0.0231. The first-order valence-electron chi connectivity index (χ1n) is 30.2. The number of benzene rings is 4. The second-order valence-electron chi connectivity index (χ2n) is 20.5. The van der Waals surface area contributed by atoms with Crippen molar-refractivity contribution in [3.8, 4) is 17.6 Å². The van der Waals surface area contributed by atoms with Crippen LogP contribution >= 0.6 is 11.6 Å². The van der Waals surface area contributed by atoms with Gasteiger partial charge in [0.05, 0.1) is 24.8 Å². The van der Waals surface area contributed by atoms with Crippen molar-refractivity contribution in [1.29, 1.82) is 0 Å². The molecule has 0 saturated heterocycles. The summed E-state index contributed by atoms with van der Waals surface area (Å²) in [5, 5.41) is 21.8. The summed E-state index contributed by atoms with van der Waals surface area (Å²) in [6, 6.07) is 42.7. The number of rotatable bonds is 22. The normalized spacial score (nSPS) is 10.6. The number of ether oxygens (including phenoxy) is 3. The van der Waals surface area contributed by atoms with Crippen LogP contribution in [0, 0.1) is 0 Å². The van der Waals surface area contributed by atoms with Crippen molar-refractivity contribution < 1.29 is 72.9 Å². The molecule has 0 bridgehead atoms. The standard InChI is InChI=1S/C21H17N7O.2C17H13F3N6O2.C11H7ClF3N5O2.2CH4/c29-20(17-11-12-23-21(28-17)26-16-9-5-2-6-10-16)27-18-13-22-14-24-19(18)25-15-7-3-1-4-8-15;2*18-17(19,20)9-28-15-13(8-21-10-23-15)25-14(27)12-6-7-22-16(26-12)24-11-4-2-1-3-5-11;12-10-17-2-1-6(20-10)8(21)19-7-3-16-5-18-9(7)22-4-11(13,14)15;;/h1-14H,(H,27,29)(H,22,24,25)(H,23,26,28);2*1-8,10H,9H2,(H,25,27)(H,22,24,26);1-3,5H,4H2,(H,19,21);2*1H4. The third-order valence-electron chi connectivity index (χ3n) is 12.5. The van der Waals surface area contributed by atoms with Crippen LogP contribution in [-0.2, 0) is 0 Å². The van der Waals surface area contributed by atoms with Crippen LogP contribution in [0.3, 0.4) is 0 Å². The number of alkyl halides is 9. The number of nitrogens with zero attached hydrogens (tertiary/aromatic N) is 16. The maximum atomic E-state index is 12.7. The van der Waals surface area contributed by atoms with E-state index in [0.717, 1.165) is 60.3 Å². The van der Waals surface area contributed by atoms with Crippen LogP contribution in [0.1, 0.15) is 56.8 Å². The van der Waals surface area contributed by atoms with Gasteiger partial charge in [-0.1, -0.05) is 87.6 Å². The molecule has 0 saturated carbocycles. The molecule has 562 valence electrons. The summed E-state index contributed by atoms with van der Waals surface area (Å²) in [7, 11) is 0. The van der Waals surface area contributed by atoms with Crippen molar-refractivity contribution in [1.82, 2.24) is 79.7 Å². The van der Waals surface area contributed by atoms with Crippen molar-refractivity contribution in [2.75, 3.05) is 62.4 Å². The molecule has 0 fully saturated rings. The van der Waals surface area contributed by atoms with Gasteiger partial charge in [0.2, 0.25) is 40.8 Å². The van der Waals surface area contributed by atoms with Crippen molar-refractivity contribution in [2.24, 2.45) is 0 Å². The molecule has 31 nitrogen and oxygen atoms in total. The molecular weight excluding hydrogens is 1470 g/mol. The van der Waals surface area contributed by atoms with Crippen LogP contribution in [0.25, 0.3) is 0 Å². The lowest BCUT2D eigenvalue weighted by atomic mass is 10.3. The first-order valence-corrected chi connectivity index (χ1v) is 30.6. The Hall–Kier alpha value is -14.3. The van der Waals surface area contributed by atoms with Crippen LogP contribution in [0.15, 0.2) is 220 Å². The Kier molecular flexibility index (Phi) is 30.1. The molecule has 41 heteroatoms. The van der Waals surface area contributed by atoms with E-state index in [-0.39, 0.29) is 71.9 Å². The minimum absolute atomic E-state index is 0. The zero-order valence-corrected chi connectivity index (χ0v) is 55.0. The number of hydrogen-bond acceptors (Lipinski definition) is 27. The number of carbonyl (C=O) groups is 4. The van der Waals surface area contributed by atoms with Crippen LogP contribution in [0.4, 0.5) is 109 Å². The monoisotopic (exact) mass is 1530 g/mol. The highest BCUT2D eigenvalue weighted by Crippen LogP contribution is 2.28. The topological polar surface area (TPSA) is 398 Å². The second kappa shape index (κ2) is 40.1. The Morgan fingerprint density at radius 1 is 0.330 bits per heavy atom. The maximum absolute atomic E-state index is 12.7. The summed E-state index contributed by atoms with van der Waals surface area (Å²) in [5.74, 6) is -2.56. The van der Waals surface area contributed by atoms with Gasteiger partial charge in [-0.2, -0.15) is 54.5 Å². The molecule has 0 atom stereocenters. The number of para-hydroxylation sites is 4. The fraction of sp³-hybridized carbons (Fsp3) is 0.118. The molecule has 0 unspecified atom stereocenters. The molecule has 0 spiro atoms. The average molecular weight is 1530 g/mol. The number of nitrogens with one attached hydrogen (secondary N) is 8. The van der Waals surface area contributed by atoms with Gasteiger partial charge in [-0.05, 0) is 84.4 Å². The van der Waals surface area contributed by atoms with Gasteiger partial charge in [0.1, 0.15) is 70.8 Å². The number of carbonyl (C=O) groups excluding carboxylic acids is 4. The zero-order chi connectivity index (χ0) is 76.0. The molecule has 0 aliphatic heterocycles. The number of anilines is 12. The number of aromatic nitrogens is 16. The Labute approximate surface area is 616 Å². The Morgan fingerprint density at radius 3 is 0.899 bits per heavy atom. The van der Waals surface area contributed by atoms with Gasteiger partial charge in [0, 0.05) is 47.5 Å². The van der Waals surface area contributed by atoms with E-state index in [1.54, 1.807) is 30.3 Å². The van der Waals surface area contributed by atoms with E-state index in [4.69, 9.17) is 11.6 Å². The lowest BCUT2D eigenvalue weighted by molar-refractivity contribution is -0.154. The van der Waals surface area contributed by atoms with E-state index >= 15 is 0 Å². The number of halogens is 10. The molecule has 12 aromatic rings. The van der Waals surface area contributed by atoms with E-state index < -0.39 is 79.6 Å². The molecule has 4 aromatic carbocycles. The lowest BCUT2D eigenvalue weighted by Crippen LogP contribution is -2.21. The third kappa shape index (κ3) is 28.0. The summed E-state index contributed by atoms with van der Waals surface area (Å²) in [5.41, 5.74) is 3.30. The SMILES string of the molecule is C.C.O=C(Nc1cncnc1Nc1ccccc1)c1ccnc(Nc2ccccc2)n1.O=C(Nc1cncnc1OCC(F)(F)F)c1ccnc(Cl)n1.O=C(Nc1cncnc1OCC(F)(F)F)c1ccnc(Nc2ccccc2)n1.O=C(Nc1cncnc1OCC(F)(F)F)c1ccnc(Nc2ccccc2)n1. The molecule has 8 heterocycles. The minimum atomic E-state index is -4.54. The highest BCUT2D eigenvalue weighted by atomic mass is 35.5. The van der Waals surface area contributed by atoms with Crippen molar-refractivity contribution in [2.45, 2.75) is 33.4 Å². The fourth-order valence-corrected chi connectivity index (χ4v) is 8.13. The van der Waals surface area contributed by atoms with Gasteiger partial charge < -0.3 is 56.7 Å². The maximum Gasteiger partial charge on any atom is 0.422 e. The average Bonchev–Trinajstić information content (AvgIpc) is 0.864. The summed E-state index contributed by atoms with van der Waals surface area (Å²) in [4.78, 5) is 111. The highest BCUT2D eigenvalue weighted by Gasteiger charge is 2.32. The van der Waals surface area contributed by atoms with Crippen LogP contribution in [-0.4, -0.2) is 142 Å². The van der Waals surface area contributed by atoms with Gasteiger partial charge in [-0.25, -0.2) is 64.8 Å². The van der Waals surface area contributed by atoms with Gasteiger partial charge in [0.25, 0.3) is 23.6 Å². The molecule has 0 aliphatic carbocycles. The third-order valence-corrected chi connectivity index (χ3v) is 12.7. The largest absolute Gasteiger partial charge is 0.466 e. The zero-order valence-electron chi connectivity index (χ0n) is 54.2. The van der Waals surface area contributed by atoms with E-state index in [1.165, 1.54) is 55.5 Å². The van der Waals surface area contributed by atoms with Gasteiger partial charge in [-0.15, -0.1) is 0 Å². The van der Waals surface area contributed by atoms with E-state index in [1.807, 2.05) is 97.1 Å². The van der Waals surface area contributed by atoms with Crippen LogP contribution in [0.2, 0.25) is 5.28 Å². The molecule has 4 amide bonds. The van der Waals surface area contributed by atoms with Crippen molar-refractivity contribution >= 4 is 104 Å². The first kappa shape index (κ1) is 82.0. The molecular formula is C68H58ClF9N24O7. The van der Waals surface area contributed by atoms with Crippen molar-refractivity contribution in [3.63, 3.8) is 0 Å². The molecule has 0 aliphatic rings. The Morgan fingerprint density at radius 2 is 0.596 bits per heavy atom. The molecule has 0 radical (unpaired) electrons. The molecule has 8 aromatic heterocycles.